The summed E-state index contributed by atoms with van der Waals surface area (Å²) in [5, 5.41) is 7.62. The van der Waals surface area contributed by atoms with Crippen molar-refractivity contribution in [1.82, 2.24) is 9.78 Å². The number of halogens is 1. The van der Waals surface area contributed by atoms with Crippen LogP contribution in [0.4, 0.5) is 10.1 Å². The lowest BCUT2D eigenvalue weighted by molar-refractivity contribution is -0.132. The molecule has 212 valence electrons. The fourth-order valence-corrected chi connectivity index (χ4v) is 4.46. The smallest absolute Gasteiger partial charge is 0.309 e. The van der Waals surface area contributed by atoms with E-state index in [1.165, 1.54) is 25.1 Å². The molecule has 0 atom stereocenters. The van der Waals surface area contributed by atoms with Crippen LogP contribution in [-0.2, 0) is 4.79 Å². The topological polar surface area (TPSA) is 91.7 Å². The Hall–Kier alpha value is -5.44. The molecule has 4 aromatic carbocycles. The molecule has 0 aliphatic rings. The normalized spacial score (nSPS) is 10.7. The van der Waals surface area contributed by atoms with Crippen molar-refractivity contribution in [3.05, 3.63) is 108 Å². The van der Waals surface area contributed by atoms with Crippen molar-refractivity contribution in [2.75, 3.05) is 19.5 Å². The molecular formula is C33H28FN3O5. The number of amides is 1. The fraction of sp³-hybridized carbons (Fsp3) is 0.121. The average Bonchev–Trinajstić information content (AvgIpc) is 3.36. The molecule has 1 aromatic heterocycles. The van der Waals surface area contributed by atoms with Crippen molar-refractivity contribution in [3.63, 3.8) is 0 Å². The van der Waals surface area contributed by atoms with Crippen molar-refractivity contribution >= 4 is 17.6 Å². The third-order valence-corrected chi connectivity index (χ3v) is 6.54. The van der Waals surface area contributed by atoms with E-state index in [0.29, 0.717) is 45.3 Å². The first-order valence-electron chi connectivity index (χ1n) is 13.1. The highest BCUT2D eigenvalue weighted by molar-refractivity contribution is 6.04. The first kappa shape index (κ1) is 28.1. The number of benzene rings is 4. The monoisotopic (exact) mass is 565 g/mol. The zero-order chi connectivity index (χ0) is 29.8. The Bertz CT molecular complexity index is 1740. The Kier molecular flexibility index (Phi) is 8.01. The Labute approximate surface area is 242 Å². The molecule has 0 unspecified atom stereocenters. The van der Waals surface area contributed by atoms with E-state index in [1.54, 1.807) is 55.3 Å². The van der Waals surface area contributed by atoms with E-state index in [-0.39, 0.29) is 11.4 Å². The number of hydrogen-bond acceptors (Lipinski definition) is 6. The number of methoxy groups -OCH3 is 2. The maximum absolute atomic E-state index is 14.1. The number of aromatic nitrogens is 2. The quantitative estimate of drug-likeness (QED) is 0.207. The highest BCUT2D eigenvalue weighted by Gasteiger charge is 2.25. The Morgan fingerprint density at radius 2 is 1.48 bits per heavy atom. The summed E-state index contributed by atoms with van der Waals surface area (Å²) in [6.45, 7) is 3.30. The number of rotatable bonds is 8. The maximum Gasteiger partial charge on any atom is 0.309 e. The predicted octanol–water partition coefficient (Wildman–Crippen LogP) is 6.85. The third kappa shape index (κ3) is 5.85. The lowest BCUT2D eigenvalue weighted by Crippen LogP contribution is -2.13. The second-order valence-electron chi connectivity index (χ2n) is 9.48. The minimum atomic E-state index is -0.612. The molecule has 0 saturated heterocycles. The van der Waals surface area contributed by atoms with E-state index in [1.807, 2.05) is 43.3 Å². The van der Waals surface area contributed by atoms with Crippen molar-refractivity contribution < 1.29 is 28.2 Å². The molecule has 5 aromatic rings. The van der Waals surface area contributed by atoms with Gasteiger partial charge in [0.05, 0.1) is 31.0 Å². The molecule has 0 saturated carbocycles. The maximum atomic E-state index is 14.1. The van der Waals surface area contributed by atoms with Crippen LogP contribution in [-0.4, -0.2) is 35.9 Å². The number of anilines is 1. The largest absolute Gasteiger partial charge is 0.497 e. The Morgan fingerprint density at radius 1 is 0.833 bits per heavy atom. The molecule has 9 heteroatoms. The zero-order valence-corrected chi connectivity index (χ0v) is 23.5. The molecule has 0 aliphatic carbocycles. The van der Waals surface area contributed by atoms with E-state index < -0.39 is 17.7 Å². The van der Waals surface area contributed by atoms with Crippen molar-refractivity contribution in [2.24, 2.45) is 0 Å². The summed E-state index contributed by atoms with van der Waals surface area (Å²) in [4.78, 5) is 25.0. The lowest BCUT2D eigenvalue weighted by Gasteiger charge is -2.11. The second kappa shape index (κ2) is 12.0. The van der Waals surface area contributed by atoms with Gasteiger partial charge in [-0.25, -0.2) is 4.39 Å². The molecule has 1 heterocycles. The van der Waals surface area contributed by atoms with E-state index in [2.05, 4.69) is 5.32 Å². The van der Waals surface area contributed by atoms with Crippen LogP contribution in [0.5, 0.6) is 17.4 Å². The SMILES string of the molecule is COc1cc(OC)cc(-c2nn(-c3ccc(C)cc3)c(OC(C)=O)c2-c2ccc(NC(=O)c3ccccc3F)cc2)c1. The Morgan fingerprint density at radius 3 is 2.07 bits per heavy atom. The highest BCUT2D eigenvalue weighted by atomic mass is 19.1. The average molecular weight is 566 g/mol. The zero-order valence-electron chi connectivity index (χ0n) is 23.5. The highest BCUT2D eigenvalue weighted by Crippen LogP contribution is 2.43. The molecule has 42 heavy (non-hydrogen) atoms. The van der Waals surface area contributed by atoms with Gasteiger partial charge in [-0.05, 0) is 61.0 Å². The molecule has 0 radical (unpaired) electrons. The van der Waals surface area contributed by atoms with Crippen molar-refractivity contribution in [3.8, 4) is 45.5 Å². The van der Waals surface area contributed by atoms with Gasteiger partial charge in [0.25, 0.3) is 5.91 Å². The first-order chi connectivity index (χ1) is 20.3. The van der Waals surface area contributed by atoms with Crippen LogP contribution in [0.25, 0.3) is 28.1 Å². The van der Waals surface area contributed by atoms with Gasteiger partial charge in [-0.3, -0.25) is 9.59 Å². The van der Waals surface area contributed by atoms with Crippen LogP contribution >= 0.6 is 0 Å². The number of nitrogens with one attached hydrogen (secondary N) is 1. The predicted molar refractivity (Wildman–Crippen MR) is 158 cm³/mol. The number of hydrogen-bond donors (Lipinski definition) is 1. The molecule has 1 N–H and O–H groups in total. The molecule has 8 nitrogen and oxygen atoms in total. The van der Waals surface area contributed by atoms with Gasteiger partial charge < -0.3 is 19.5 Å². The molecular weight excluding hydrogens is 537 g/mol. The third-order valence-electron chi connectivity index (χ3n) is 6.54. The number of aryl methyl sites for hydroxylation is 1. The van der Waals surface area contributed by atoms with Gasteiger partial charge >= 0.3 is 5.97 Å². The molecule has 0 bridgehead atoms. The van der Waals surface area contributed by atoms with Gasteiger partial charge in [-0.15, -0.1) is 0 Å². The van der Waals surface area contributed by atoms with Gasteiger partial charge in [0.15, 0.2) is 0 Å². The van der Waals surface area contributed by atoms with Gasteiger partial charge in [-0.1, -0.05) is 42.0 Å². The standard InChI is InChI=1S/C33H28FN3O5/c1-20-9-15-25(16-10-20)37-33(42-21(2)38)30(31(36-37)23-17-26(40-3)19-27(18-23)41-4)22-11-13-24(14-12-22)35-32(39)28-7-5-6-8-29(28)34/h5-19H,1-4H3,(H,35,39). The van der Waals surface area contributed by atoms with Gasteiger partial charge in [0, 0.05) is 24.2 Å². The van der Waals surface area contributed by atoms with Crippen molar-refractivity contribution in [2.45, 2.75) is 13.8 Å². The van der Waals surface area contributed by atoms with Crippen LogP contribution in [0, 0.1) is 12.7 Å². The van der Waals surface area contributed by atoms with Gasteiger partial charge in [-0.2, -0.15) is 9.78 Å². The summed E-state index contributed by atoms with van der Waals surface area (Å²) < 4.78 is 32.5. The summed E-state index contributed by atoms with van der Waals surface area (Å²) in [6.07, 6.45) is 0. The summed E-state index contributed by atoms with van der Waals surface area (Å²) in [5.41, 5.74) is 4.51. The van der Waals surface area contributed by atoms with Crippen LogP contribution in [0.1, 0.15) is 22.8 Å². The minimum Gasteiger partial charge on any atom is -0.497 e. The summed E-state index contributed by atoms with van der Waals surface area (Å²) in [6, 6.07) is 25.7. The van der Waals surface area contributed by atoms with Gasteiger partial charge in [0.2, 0.25) is 5.88 Å². The second-order valence-corrected chi connectivity index (χ2v) is 9.48. The molecule has 0 spiro atoms. The number of esters is 1. The number of nitrogens with zero attached hydrogens (tertiary/aromatic N) is 2. The fourth-order valence-electron chi connectivity index (χ4n) is 4.46. The van der Waals surface area contributed by atoms with E-state index in [9.17, 15) is 14.0 Å². The number of carbonyl (C=O) groups is 2. The minimum absolute atomic E-state index is 0.0626. The van der Waals surface area contributed by atoms with Crippen molar-refractivity contribution in [1.29, 1.82) is 0 Å². The molecule has 5 rings (SSSR count). The van der Waals surface area contributed by atoms with Gasteiger partial charge in [0.1, 0.15) is 23.0 Å². The number of carbonyl (C=O) groups excluding carboxylic acids is 2. The summed E-state index contributed by atoms with van der Waals surface area (Å²) in [7, 11) is 3.12. The van der Waals surface area contributed by atoms with Crippen LogP contribution in [0.15, 0.2) is 91.0 Å². The summed E-state index contributed by atoms with van der Waals surface area (Å²) in [5.74, 6) is -0.377. The van der Waals surface area contributed by atoms with Crippen LogP contribution in [0.2, 0.25) is 0 Å². The summed E-state index contributed by atoms with van der Waals surface area (Å²) >= 11 is 0. The van der Waals surface area contributed by atoms with Crippen LogP contribution in [0.3, 0.4) is 0 Å². The molecule has 1 amide bonds. The first-order valence-corrected chi connectivity index (χ1v) is 13.1. The van der Waals surface area contributed by atoms with Crippen LogP contribution < -0.4 is 19.5 Å². The van der Waals surface area contributed by atoms with E-state index in [0.717, 1.165) is 5.56 Å². The lowest BCUT2D eigenvalue weighted by atomic mass is 10.0. The Balaban J connectivity index is 1.66. The molecule has 0 fully saturated rings. The van der Waals surface area contributed by atoms with E-state index >= 15 is 0 Å². The van der Waals surface area contributed by atoms with E-state index in [4.69, 9.17) is 19.3 Å². The molecule has 0 aliphatic heterocycles. The number of ether oxygens (including phenoxy) is 3.